The van der Waals surface area contributed by atoms with E-state index in [1.165, 1.54) is 6.42 Å². The Balaban J connectivity index is 3.66. The van der Waals surface area contributed by atoms with Crippen molar-refractivity contribution < 1.29 is 44.7 Å². The molecule has 3 N–H and O–H groups in total. The maximum Gasteiger partial charge on any atom is 0.397 e. The van der Waals surface area contributed by atoms with Gasteiger partial charge in [-0.1, -0.05) is 77.6 Å². The molecule has 2 atom stereocenters. The van der Waals surface area contributed by atoms with Crippen LogP contribution in [-0.2, 0) is 34.2 Å². The van der Waals surface area contributed by atoms with Crippen molar-refractivity contribution in [2.45, 2.75) is 108 Å². The van der Waals surface area contributed by atoms with Gasteiger partial charge in [-0.25, -0.2) is 4.18 Å². The van der Waals surface area contributed by atoms with Crippen molar-refractivity contribution in [2.75, 3.05) is 33.0 Å². The molecule has 0 radical (unpaired) electrons. The molecule has 0 spiro atoms. The summed E-state index contributed by atoms with van der Waals surface area (Å²) in [6, 6.07) is 0. The fourth-order valence-corrected chi connectivity index (χ4v) is 4.91. The van der Waals surface area contributed by atoms with Gasteiger partial charge in [0.2, 0.25) is 0 Å². The molecule has 0 rings (SSSR count). The van der Waals surface area contributed by atoms with Crippen LogP contribution in [0.5, 0.6) is 0 Å². The molecule has 0 heterocycles. The Labute approximate surface area is 206 Å². The summed E-state index contributed by atoms with van der Waals surface area (Å²) < 4.78 is 76.4. The second-order valence-electron chi connectivity index (χ2n) is 8.56. The maximum atomic E-state index is 11.7. The van der Waals surface area contributed by atoms with E-state index in [2.05, 4.69) is 11.1 Å². The highest BCUT2D eigenvalue weighted by molar-refractivity contribution is 7.86. The molecular formula is C22H46O10S2. The number of aliphatic hydroxyl groups is 1. The van der Waals surface area contributed by atoms with Crippen molar-refractivity contribution in [3.63, 3.8) is 0 Å². The first-order valence-corrected chi connectivity index (χ1v) is 15.4. The molecular weight excluding hydrogens is 488 g/mol. The van der Waals surface area contributed by atoms with Gasteiger partial charge in [0.25, 0.3) is 10.1 Å². The van der Waals surface area contributed by atoms with Crippen LogP contribution in [0.15, 0.2) is 0 Å². The Morgan fingerprint density at radius 1 is 0.618 bits per heavy atom. The van der Waals surface area contributed by atoms with Crippen LogP contribution in [0.3, 0.4) is 0 Å². The van der Waals surface area contributed by atoms with Crippen molar-refractivity contribution in [3.05, 3.63) is 0 Å². The maximum absolute atomic E-state index is 11.7. The smallest absolute Gasteiger partial charge is 0.392 e. The number of aliphatic hydroxyl groups excluding tert-OH is 1. The summed E-state index contributed by atoms with van der Waals surface area (Å²) >= 11 is 0. The largest absolute Gasteiger partial charge is 0.397 e. The molecule has 206 valence electrons. The molecule has 0 bridgehead atoms. The first-order valence-electron chi connectivity index (χ1n) is 12.5. The zero-order chi connectivity index (χ0) is 25.7. The third-order valence-electron chi connectivity index (χ3n) is 5.52. The minimum absolute atomic E-state index is 0.0435. The fraction of sp³-hybridized carbons (Fsp3) is 1.00. The van der Waals surface area contributed by atoms with Gasteiger partial charge >= 0.3 is 10.4 Å². The molecule has 0 fully saturated rings. The molecule has 0 saturated carbocycles. The highest BCUT2D eigenvalue weighted by atomic mass is 32.3. The second-order valence-corrected chi connectivity index (χ2v) is 11.3. The van der Waals surface area contributed by atoms with Crippen LogP contribution in [0.25, 0.3) is 0 Å². The molecule has 12 heteroatoms. The van der Waals surface area contributed by atoms with Crippen molar-refractivity contribution in [1.82, 2.24) is 0 Å². The van der Waals surface area contributed by atoms with Crippen LogP contribution in [0.1, 0.15) is 96.8 Å². The third kappa shape index (κ3) is 22.1. The topological polar surface area (TPSA) is 157 Å². The van der Waals surface area contributed by atoms with Crippen molar-refractivity contribution in [2.24, 2.45) is 0 Å². The van der Waals surface area contributed by atoms with E-state index in [4.69, 9.17) is 14.0 Å². The molecule has 0 aliphatic heterocycles. The number of hydrogen-bond acceptors (Lipinski definition) is 8. The lowest BCUT2D eigenvalue weighted by atomic mass is 10.0. The first-order chi connectivity index (χ1) is 16.1. The minimum atomic E-state index is -4.42. The van der Waals surface area contributed by atoms with Gasteiger partial charge < -0.3 is 14.6 Å². The Bertz CT molecular complexity index is 667. The van der Waals surface area contributed by atoms with Gasteiger partial charge in [0.05, 0.1) is 32.5 Å². The number of rotatable bonds is 25. The Kier molecular flexibility index (Phi) is 20.6. The molecule has 0 aliphatic carbocycles. The standard InChI is InChI=1S/C22H46O10S2/c1-2-3-4-5-9-12-15-22(33(24,25)26)21(23)14-11-8-6-7-10-13-16-30-17-18-31-19-20-32-34(27,28)29/h21-23H,2-20H2,1H3,(H,24,25,26)(H,27,28,29). The Morgan fingerprint density at radius 2 is 1.09 bits per heavy atom. The van der Waals surface area contributed by atoms with Gasteiger partial charge in [-0.2, -0.15) is 16.8 Å². The number of unbranched alkanes of at least 4 members (excludes halogenated alkanes) is 10. The Morgan fingerprint density at radius 3 is 1.65 bits per heavy atom. The van der Waals surface area contributed by atoms with Crippen LogP contribution in [0, 0.1) is 0 Å². The average Bonchev–Trinajstić information content (AvgIpc) is 2.74. The summed E-state index contributed by atoms with van der Waals surface area (Å²) in [4.78, 5) is 0. The molecule has 10 nitrogen and oxygen atoms in total. The lowest BCUT2D eigenvalue weighted by Gasteiger charge is -2.20. The predicted octanol–water partition coefficient (Wildman–Crippen LogP) is 3.94. The van der Waals surface area contributed by atoms with E-state index in [-0.39, 0.29) is 13.2 Å². The summed E-state index contributed by atoms with van der Waals surface area (Å²) in [5, 5.41) is 9.21. The van der Waals surface area contributed by atoms with Crippen LogP contribution in [0.4, 0.5) is 0 Å². The van der Waals surface area contributed by atoms with Crippen molar-refractivity contribution >= 4 is 20.5 Å². The fourth-order valence-electron chi connectivity index (χ4n) is 3.64. The van der Waals surface area contributed by atoms with Gasteiger partial charge in [0.1, 0.15) is 5.25 Å². The molecule has 0 aromatic carbocycles. The van der Waals surface area contributed by atoms with E-state index in [1.807, 2.05) is 0 Å². The summed E-state index contributed by atoms with van der Waals surface area (Å²) in [5.41, 5.74) is 0. The van der Waals surface area contributed by atoms with E-state index in [1.54, 1.807) is 0 Å². The highest BCUT2D eigenvalue weighted by Gasteiger charge is 2.29. The summed E-state index contributed by atoms with van der Waals surface area (Å²) in [6.45, 7) is 3.22. The van der Waals surface area contributed by atoms with Crippen LogP contribution in [0.2, 0.25) is 0 Å². The van der Waals surface area contributed by atoms with Crippen LogP contribution < -0.4 is 0 Å². The van der Waals surface area contributed by atoms with Gasteiger partial charge in [-0.3, -0.25) is 9.11 Å². The van der Waals surface area contributed by atoms with Gasteiger partial charge in [0, 0.05) is 6.61 Å². The minimum Gasteiger partial charge on any atom is -0.392 e. The lowest BCUT2D eigenvalue weighted by Crippen LogP contribution is -2.33. The van der Waals surface area contributed by atoms with Gasteiger partial charge in [-0.15, -0.1) is 0 Å². The van der Waals surface area contributed by atoms with E-state index in [0.717, 1.165) is 64.2 Å². The number of hydrogen-bond donors (Lipinski definition) is 3. The van der Waals surface area contributed by atoms with E-state index < -0.39 is 31.9 Å². The Hall–Kier alpha value is -0.340. The van der Waals surface area contributed by atoms with Crippen LogP contribution >= 0.6 is 0 Å². The van der Waals surface area contributed by atoms with Crippen molar-refractivity contribution in [3.8, 4) is 0 Å². The third-order valence-corrected chi connectivity index (χ3v) is 7.30. The second kappa shape index (κ2) is 20.8. The van der Waals surface area contributed by atoms with E-state index in [0.29, 0.717) is 39.1 Å². The van der Waals surface area contributed by atoms with Gasteiger partial charge in [-0.05, 0) is 19.3 Å². The molecule has 0 aliphatic rings. The van der Waals surface area contributed by atoms with E-state index >= 15 is 0 Å². The monoisotopic (exact) mass is 534 g/mol. The molecule has 0 amide bonds. The van der Waals surface area contributed by atoms with E-state index in [9.17, 15) is 26.5 Å². The SMILES string of the molecule is CCCCCCCCC(C(O)CCCCCCCCOCCOCCOS(=O)(=O)O)S(=O)(=O)O. The normalized spacial score (nSPS) is 14.4. The predicted molar refractivity (Wildman–Crippen MR) is 131 cm³/mol. The molecule has 2 unspecified atom stereocenters. The summed E-state index contributed by atoms with van der Waals surface area (Å²) in [7, 11) is -8.67. The highest BCUT2D eigenvalue weighted by Crippen LogP contribution is 2.20. The first kappa shape index (κ1) is 33.7. The molecule has 34 heavy (non-hydrogen) atoms. The van der Waals surface area contributed by atoms with Crippen molar-refractivity contribution in [1.29, 1.82) is 0 Å². The van der Waals surface area contributed by atoms with Gasteiger partial charge in [0.15, 0.2) is 0 Å². The quantitative estimate of drug-likeness (QED) is 0.116. The molecule has 0 aromatic heterocycles. The zero-order valence-corrected chi connectivity index (χ0v) is 22.2. The number of ether oxygens (including phenoxy) is 2. The van der Waals surface area contributed by atoms with Crippen LogP contribution in [-0.4, -0.2) is 75.4 Å². The molecule has 0 saturated heterocycles. The average molecular weight is 535 g/mol. The zero-order valence-electron chi connectivity index (χ0n) is 20.6. The summed E-state index contributed by atoms with van der Waals surface area (Å²) in [5.74, 6) is 0. The summed E-state index contributed by atoms with van der Waals surface area (Å²) in [6.07, 6.45) is 11.3. The molecule has 0 aromatic rings. The lowest BCUT2D eigenvalue weighted by molar-refractivity contribution is 0.0346.